The van der Waals surface area contributed by atoms with Crippen molar-refractivity contribution in [1.82, 2.24) is 0 Å². The Morgan fingerprint density at radius 3 is 2.04 bits per heavy atom. The molecule has 3 rings (SSSR count). The van der Waals surface area contributed by atoms with Gasteiger partial charge in [-0.15, -0.1) is 0 Å². The number of hydrogen-bond donors (Lipinski definition) is 0. The molecular weight excluding hydrogens is 368 g/mol. The highest BCUT2D eigenvalue weighted by Crippen LogP contribution is 2.26. The van der Waals surface area contributed by atoms with E-state index < -0.39 is 20.9 Å². The molecule has 0 saturated heterocycles. The lowest BCUT2D eigenvalue weighted by Crippen LogP contribution is -2.37. The highest BCUT2D eigenvalue weighted by molar-refractivity contribution is 7.93. The Hall–Kier alpha value is -3.52. The summed E-state index contributed by atoms with van der Waals surface area (Å²) < 4.78 is 26.9. The molecule has 0 N–H and O–H groups in total. The third kappa shape index (κ3) is 3.70. The van der Waals surface area contributed by atoms with Gasteiger partial charge in [-0.3, -0.25) is 14.9 Å². The lowest BCUT2D eigenvalue weighted by atomic mass is 10.2. The summed E-state index contributed by atoms with van der Waals surface area (Å²) in [5, 5.41) is 11.0. The van der Waals surface area contributed by atoms with Crippen molar-refractivity contribution in [2.24, 2.45) is 0 Å². The zero-order valence-corrected chi connectivity index (χ0v) is 14.7. The molecule has 0 saturated carbocycles. The van der Waals surface area contributed by atoms with Gasteiger partial charge in [0.1, 0.15) is 0 Å². The summed E-state index contributed by atoms with van der Waals surface area (Å²) in [5.41, 5.74) is -0.267. The predicted octanol–water partition coefficient (Wildman–Crippen LogP) is 3.63. The number of hydrogen-bond acceptors (Lipinski definition) is 5. The van der Waals surface area contributed by atoms with Crippen LogP contribution in [0.3, 0.4) is 0 Å². The molecule has 0 aliphatic heterocycles. The van der Waals surface area contributed by atoms with Crippen LogP contribution in [-0.2, 0) is 10.0 Å². The van der Waals surface area contributed by atoms with Crippen molar-refractivity contribution in [1.29, 1.82) is 0 Å². The van der Waals surface area contributed by atoms with Crippen LogP contribution in [-0.4, -0.2) is 19.2 Å². The zero-order chi connectivity index (χ0) is 19.4. The number of carbonyl (C=O) groups excluding carboxylic acids is 1. The normalized spacial score (nSPS) is 11.0. The molecule has 0 atom stereocenters. The van der Waals surface area contributed by atoms with E-state index in [1.165, 1.54) is 42.5 Å². The summed E-state index contributed by atoms with van der Waals surface area (Å²) in [5.74, 6) is -0.881. The maximum Gasteiger partial charge on any atom is 0.272 e. The fraction of sp³-hybridized carbons (Fsp3) is 0. The number of nitro benzene ring substituents is 1. The number of nitro groups is 1. The van der Waals surface area contributed by atoms with Crippen LogP contribution in [0.2, 0.25) is 0 Å². The molecule has 0 radical (unpaired) electrons. The van der Waals surface area contributed by atoms with Crippen LogP contribution >= 0.6 is 0 Å². The number of nitrogens with zero attached hydrogens (tertiary/aromatic N) is 2. The first-order valence-corrected chi connectivity index (χ1v) is 9.29. The Morgan fingerprint density at radius 1 is 0.852 bits per heavy atom. The van der Waals surface area contributed by atoms with Crippen molar-refractivity contribution in [3.63, 3.8) is 0 Å². The molecule has 3 aromatic rings. The molecular formula is C19H14N2O5S. The second-order valence-corrected chi connectivity index (χ2v) is 7.32. The van der Waals surface area contributed by atoms with Crippen molar-refractivity contribution in [2.75, 3.05) is 4.31 Å². The Labute approximate surface area is 155 Å². The number of para-hydroxylation sites is 1. The van der Waals surface area contributed by atoms with E-state index >= 15 is 0 Å². The summed E-state index contributed by atoms with van der Waals surface area (Å²) in [6.07, 6.45) is 0. The molecule has 3 aromatic carbocycles. The van der Waals surface area contributed by atoms with Gasteiger partial charge in [-0.25, -0.2) is 8.42 Å². The van der Waals surface area contributed by atoms with Crippen LogP contribution in [0.4, 0.5) is 11.4 Å². The Morgan fingerprint density at radius 2 is 1.44 bits per heavy atom. The third-order valence-corrected chi connectivity index (χ3v) is 5.49. The molecule has 0 heterocycles. The number of benzene rings is 3. The molecule has 1 amide bonds. The first kappa shape index (κ1) is 18.3. The average molecular weight is 382 g/mol. The maximum atomic E-state index is 13.1. The Balaban J connectivity index is 2.16. The highest BCUT2D eigenvalue weighted by Gasteiger charge is 2.32. The summed E-state index contributed by atoms with van der Waals surface area (Å²) >= 11 is 0. The Kier molecular flexibility index (Phi) is 5.00. The maximum absolute atomic E-state index is 13.1. The second-order valence-electron chi connectivity index (χ2n) is 5.53. The van der Waals surface area contributed by atoms with Crippen molar-refractivity contribution in [2.45, 2.75) is 4.90 Å². The first-order valence-electron chi connectivity index (χ1n) is 7.85. The summed E-state index contributed by atoms with van der Waals surface area (Å²) in [6, 6.07) is 20.3. The smallest absolute Gasteiger partial charge is 0.268 e. The lowest BCUT2D eigenvalue weighted by molar-refractivity contribution is -0.384. The topological polar surface area (TPSA) is 97.6 Å². The molecule has 0 fully saturated rings. The minimum Gasteiger partial charge on any atom is -0.268 e. The molecule has 7 nitrogen and oxygen atoms in total. The van der Waals surface area contributed by atoms with Crippen molar-refractivity contribution < 1.29 is 18.1 Å². The molecule has 0 bridgehead atoms. The van der Waals surface area contributed by atoms with E-state index in [9.17, 15) is 23.3 Å². The van der Waals surface area contributed by atoms with E-state index in [1.54, 1.807) is 36.4 Å². The van der Waals surface area contributed by atoms with Gasteiger partial charge in [0.05, 0.1) is 15.5 Å². The monoisotopic (exact) mass is 382 g/mol. The van der Waals surface area contributed by atoms with Crippen LogP contribution in [0.15, 0.2) is 89.8 Å². The van der Waals surface area contributed by atoms with E-state index in [2.05, 4.69) is 0 Å². The fourth-order valence-corrected chi connectivity index (χ4v) is 3.93. The molecule has 136 valence electrons. The molecule has 0 unspecified atom stereocenters. The highest BCUT2D eigenvalue weighted by atomic mass is 32.2. The first-order chi connectivity index (χ1) is 12.9. The van der Waals surface area contributed by atoms with Gasteiger partial charge in [0.25, 0.3) is 21.6 Å². The van der Waals surface area contributed by atoms with Gasteiger partial charge in [-0.2, -0.15) is 4.31 Å². The minimum atomic E-state index is -4.22. The van der Waals surface area contributed by atoms with Crippen molar-refractivity contribution in [3.8, 4) is 0 Å². The number of sulfonamides is 1. The third-order valence-electron chi connectivity index (χ3n) is 3.76. The van der Waals surface area contributed by atoms with Gasteiger partial charge in [0.15, 0.2) is 0 Å². The van der Waals surface area contributed by atoms with Gasteiger partial charge in [-0.05, 0) is 30.3 Å². The molecule has 0 aliphatic carbocycles. The van der Waals surface area contributed by atoms with E-state index in [-0.39, 0.29) is 21.8 Å². The molecule has 0 aromatic heterocycles. The number of rotatable bonds is 5. The number of amides is 1. The quantitative estimate of drug-likeness (QED) is 0.496. The van der Waals surface area contributed by atoms with Gasteiger partial charge < -0.3 is 0 Å². The number of non-ortho nitro benzene ring substituents is 1. The van der Waals surface area contributed by atoms with E-state index in [1.807, 2.05) is 0 Å². The van der Waals surface area contributed by atoms with Crippen LogP contribution in [0.1, 0.15) is 10.4 Å². The van der Waals surface area contributed by atoms with E-state index in [4.69, 9.17) is 0 Å². The van der Waals surface area contributed by atoms with Crippen molar-refractivity contribution >= 4 is 27.3 Å². The van der Waals surface area contributed by atoms with Crippen LogP contribution in [0.5, 0.6) is 0 Å². The minimum absolute atomic E-state index is 0.0624. The van der Waals surface area contributed by atoms with Crippen LogP contribution in [0, 0.1) is 10.1 Å². The standard InChI is InChI=1S/C19H14N2O5S/c22-19(15-8-7-11-17(14-15)21(23)24)20(16-9-3-1-4-10-16)27(25,26)18-12-5-2-6-13-18/h1-14H. The molecule has 0 spiro atoms. The SMILES string of the molecule is O=C(c1cccc([N+](=O)[O-])c1)N(c1ccccc1)S(=O)(=O)c1ccccc1. The van der Waals surface area contributed by atoms with Gasteiger partial charge in [-0.1, -0.05) is 42.5 Å². The summed E-state index contributed by atoms with van der Waals surface area (Å²) in [4.78, 5) is 23.4. The van der Waals surface area contributed by atoms with Gasteiger partial charge >= 0.3 is 0 Å². The van der Waals surface area contributed by atoms with Gasteiger partial charge in [0.2, 0.25) is 0 Å². The van der Waals surface area contributed by atoms with E-state index in [0.29, 0.717) is 4.31 Å². The van der Waals surface area contributed by atoms with Crippen LogP contribution in [0.25, 0.3) is 0 Å². The fourth-order valence-electron chi connectivity index (χ4n) is 2.50. The molecule has 8 heteroatoms. The lowest BCUT2D eigenvalue weighted by Gasteiger charge is -2.22. The predicted molar refractivity (Wildman–Crippen MR) is 100.0 cm³/mol. The summed E-state index contributed by atoms with van der Waals surface area (Å²) in [7, 11) is -4.22. The largest absolute Gasteiger partial charge is 0.272 e. The zero-order valence-electron chi connectivity index (χ0n) is 13.9. The Bertz CT molecular complexity index is 1080. The molecule has 0 aliphatic rings. The average Bonchev–Trinajstić information content (AvgIpc) is 2.69. The molecule has 27 heavy (non-hydrogen) atoms. The van der Waals surface area contributed by atoms with E-state index in [0.717, 1.165) is 6.07 Å². The second kappa shape index (κ2) is 7.38. The summed E-state index contributed by atoms with van der Waals surface area (Å²) in [6.45, 7) is 0. The van der Waals surface area contributed by atoms with Crippen LogP contribution < -0.4 is 4.31 Å². The number of anilines is 1. The van der Waals surface area contributed by atoms with Gasteiger partial charge in [0, 0.05) is 17.7 Å². The van der Waals surface area contributed by atoms with Crippen molar-refractivity contribution in [3.05, 3.63) is 101 Å². The number of carbonyl (C=O) groups is 1.